The van der Waals surface area contributed by atoms with Gasteiger partial charge in [0.15, 0.2) is 0 Å². The van der Waals surface area contributed by atoms with Crippen molar-refractivity contribution in [3.8, 4) is 0 Å². The largest absolute Gasteiger partial charge is 0.313 e. The first-order chi connectivity index (χ1) is 9.52. The highest BCUT2D eigenvalue weighted by Crippen LogP contribution is 2.30. The van der Waals surface area contributed by atoms with Gasteiger partial charge in [-0.25, -0.2) is 8.78 Å². The van der Waals surface area contributed by atoms with Gasteiger partial charge in [0.05, 0.1) is 4.47 Å². The Morgan fingerprint density at radius 3 is 2.60 bits per heavy atom. The summed E-state index contributed by atoms with van der Waals surface area (Å²) in [5, 5.41) is 3.14. The molecular formula is C15H13Br2F2N. The minimum absolute atomic E-state index is 0.113. The van der Waals surface area contributed by atoms with E-state index in [0.717, 1.165) is 15.6 Å². The van der Waals surface area contributed by atoms with Gasteiger partial charge in [0.1, 0.15) is 11.6 Å². The maximum Gasteiger partial charge on any atom is 0.137 e. The average molecular weight is 405 g/mol. The van der Waals surface area contributed by atoms with Crippen LogP contribution in [0.4, 0.5) is 8.78 Å². The summed E-state index contributed by atoms with van der Waals surface area (Å²) in [5.41, 5.74) is 1.64. The smallest absolute Gasteiger partial charge is 0.137 e. The molecule has 2 rings (SSSR count). The Hall–Kier alpha value is -0.780. The summed E-state index contributed by atoms with van der Waals surface area (Å²) in [5.74, 6) is -0.586. The Kier molecular flexibility index (Phi) is 5.29. The first-order valence-electron chi connectivity index (χ1n) is 6.08. The van der Waals surface area contributed by atoms with E-state index in [9.17, 15) is 8.78 Å². The fourth-order valence-corrected chi connectivity index (χ4v) is 3.02. The van der Waals surface area contributed by atoms with E-state index in [1.54, 1.807) is 19.2 Å². The monoisotopic (exact) mass is 403 g/mol. The molecule has 1 N–H and O–H groups in total. The molecule has 0 bridgehead atoms. The third-order valence-corrected chi connectivity index (χ3v) is 4.75. The van der Waals surface area contributed by atoms with Gasteiger partial charge in [-0.05, 0) is 64.8 Å². The minimum atomic E-state index is -0.296. The second-order valence-electron chi connectivity index (χ2n) is 4.42. The molecule has 0 aliphatic rings. The van der Waals surface area contributed by atoms with E-state index in [1.807, 2.05) is 6.07 Å². The van der Waals surface area contributed by atoms with Crippen LogP contribution >= 0.6 is 31.9 Å². The van der Waals surface area contributed by atoms with E-state index in [0.29, 0.717) is 10.9 Å². The molecule has 0 radical (unpaired) electrons. The van der Waals surface area contributed by atoms with Crippen molar-refractivity contribution >= 4 is 31.9 Å². The van der Waals surface area contributed by atoms with Gasteiger partial charge in [-0.3, -0.25) is 0 Å². The predicted molar refractivity (Wildman–Crippen MR) is 83.7 cm³/mol. The van der Waals surface area contributed by atoms with Crippen LogP contribution in [0.5, 0.6) is 0 Å². The summed E-state index contributed by atoms with van der Waals surface area (Å²) < 4.78 is 28.2. The fraction of sp³-hybridized carbons (Fsp3) is 0.200. The fourth-order valence-electron chi connectivity index (χ4n) is 2.08. The Morgan fingerprint density at radius 2 is 1.90 bits per heavy atom. The maximum absolute atomic E-state index is 13.5. The first-order valence-corrected chi connectivity index (χ1v) is 7.66. The lowest BCUT2D eigenvalue weighted by Gasteiger charge is -2.19. The molecule has 1 unspecified atom stereocenters. The van der Waals surface area contributed by atoms with E-state index in [4.69, 9.17) is 0 Å². The molecule has 0 spiro atoms. The molecule has 0 saturated carbocycles. The van der Waals surface area contributed by atoms with Gasteiger partial charge in [-0.2, -0.15) is 0 Å². The van der Waals surface area contributed by atoms with Crippen LogP contribution in [0.3, 0.4) is 0 Å². The van der Waals surface area contributed by atoms with Crippen molar-refractivity contribution in [3.05, 3.63) is 68.1 Å². The molecule has 0 heterocycles. The van der Waals surface area contributed by atoms with Crippen molar-refractivity contribution in [2.45, 2.75) is 12.5 Å². The van der Waals surface area contributed by atoms with Gasteiger partial charge in [-0.1, -0.05) is 28.1 Å². The van der Waals surface area contributed by atoms with Crippen LogP contribution in [-0.2, 0) is 6.42 Å². The highest BCUT2D eigenvalue weighted by atomic mass is 79.9. The molecule has 20 heavy (non-hydrogen) atoms. The van der Waals surface area contributed by atoms with Gasteiger partial charge >= 0.3 is 0 Å². The van der Waals surface area contributed by atoms with Crippen LogP contribution in [0.25, 0.3) is 0 Å². The molecule has 0 aromatic heterocycles. The zero-order valence-corrected chi connectivity index (χ0v) is 13.9. The molecule has 2 aromatic carbocycles. The molecule has 0 aliphatic heterocycles. The normalized spacial score (nSPS) is 12.4. The lowest BCUT2D eigenvalue weighted by Crippen LogP contribution is -2.20. The Balaban J connectivity index is 2.34. The molecule has 5 heteroatoms. The number of likely N-dealkylation sites (N-methyl/N-ethyl adjacent to an activating group) is 1. The molecule has 0 saturated heterocycles. The maximum atomic E-state index is 13.5. The van der Waals surface area contributed by atoms with E-state index >= 15 is 0 Å². The third-order valence-electron chi connectivity index (χ3n) is 3.14. The molecule has 0 aliphatic carbocycles. The Labute approximate surface area is 133 Å². The van der Waals surface area contributed by atoms with Crippen molar-refractivity contribution in [2.75, 3.05) is 7.05 Å². The van der Waals surface area contributed by atoms with Crippen LogP contribution in [0, 0.1) is 11.6 Å². The van der Waals surface area contributed by atoms with Crippen molar-refractivity contribution in [2.24, 2.45) is 0 Å². The van der Waals surface area contributed by atoms with Gasteiger partial charge in [-0.15, -0.1) is 0 Å². The molecule has 1 atom stereocenters. The predicted octanol–water partition coefficient (Wildman–Crippen LogP) is 4.99. The molecule has 2 aromatic rings. The third kappa shape index (κ3) is 3.45. The average Bonchev–Trinajstić information content (AvgIpc) is 2.43. The first kappa shape index (κ1) is 15.6. The number of nitrogens with one attached hydrogen (secondary N) is 1. The SMILES string of the molecule is CNC(Cc1cccc(F)c1Br)c1cc(F)ccc1Br. The van der Waals surface area contributed by atoms with Gasteiger partial charge < -0.3 is 5.32 Å². The lowest BCUT2D eigenvalue weighted by molar-refractivity contribution is 0.568. The number of halogens is 4. The number of hydrogen-bond donors (Lipinski definition) is 1. The molecule has 1 nitrogen and oxygen atoms in total. The summed E-state index contributed by atoms with van der Waals surface area (Å²) in [7, 11) is 1.80. The van der Waals surface area contributed by atoms with Gasteiger partial charge in [0.25, 0.3) is 0 Å². The second-order valence-corrected chi connectivity index (χ2v) is 6.07. The van der Waals surface area contributed by atoms with Crippen LogP contribution in [-0.4, -0.2) is 7.05 Å². The zero-order chi connectivity index (χ0) is 14.7. The van der Waals surface area contributed by atoms with E-state index < -0.39 is 0 Å². The second kappa shape index (κ2) is 6.78. The lowest BCUT2D eigenvalue weighted by atomic mass is 9.99. The molecule has 0 amide bonds. The van der Waals surface area contributed by atoms with E-state index in [2.05, 4.69) is 37.2 Å². The van der Waals surface area contributed by atoms with Crippen LogP contribution in [0.2, 0.25) is 0 Å². The summed E-state index contributed by atoms with van der Waals surface area (Å²) >= 11 is 6.68. The van der Waals surface area contributed by atoms with Crippen molar-refractivity contribution in [1.82, 2.24) is 5.32 Å². The van der Waals surface area contributed by atoms with Gasteiger partial charge in [0, 0.05) is 10.5 Å². The highest BCUT2D eigenvalue weighted by molar-refractivity contribution is 9.10. The van der Waals surface area contributed by atoms with Crippen LogP contribution < -0.4 is 5.32 Å². The topological polar surface area (TPSA) is 12.0 Å². The summed E-state index contributed by atoms with van der Waals surface area (Å²) in [6.45, 7) is 0. The van der Waals surface area contributed by atoms with Gasteiger partial charge in [0.2, 0.25) is 0 Å². The minimum Gasteiger partial charge on any atom is -0.313 e. The van der Waals surface area contributed by atoms with Crippen molar-refractivity contribution in [3.63, 3.8) is 0 Å². The van der Waals surface area contributed by atoms with Crippen LogP contribution in [0.15, 0.2) is 45.3 Å². The Bertz CT molecular complexity index is 617. The Morgan fingerprint density at radius 1 is 1.15 bits per heavy atom. The van der Waals surface area contributed by atoms with Crippen LogP contribution in [0.1, 0.15) is 17.2 Å². The van der Waals surface area contributed by atoms with Crippen molar-refractivity contribution < 1.29 is 8.78 Å². The number of benzene rings is 2. The zero-order valence-electron chi connectivity index (χ0n) is 10.8. The standard InChI is InChI=1S/C15H13Br2F2N/c1-20-14(11-8-10(18)5-6-12(11)16)7-9-3-2-4-13(19)15(9)17/h2-6,8,14,20H,7H2,1H3. The summed E-state index contributed by atoms with van der Waals surface area (Å²) in [4.78, 5) is 0. The summed E-state index contributed by atoms with van der Waals surface area (Å²) in [6, 6.07) is 9.37. The number of rotatable bonds is 4. The molecule has 0 fully saturated rings. The summed E-state index contributed by atoms with van der Waals surface area (Å²) in [6.07, 6.45) is 0.552. The molecule has 106 valence electrons. The molecular weight excluding hydrogens is 392 g/mol. The van der Waals surface area contributed by atoms with E-state index in [1.165, 1.54) is 18.2 Å². The highest BCUT2D eigenvalue weighted by Gasteiger charge is 2.16. The van der Waals surface area contributed by atoms with Crippen molar-refractivity contribution in [1.29, 1.82) is 0 Å². The quantitative estimate of drug-likeness (QED) is 0.756. The van der Waals surface area contributed by atoms with E-state index in [-0.39, 0.29) is 17.7 Å². The number of hydrogen-bond acceptors (Lipinski definition) is 1.